The maximum Gasteiger partial charge on any atom is 0.273 e. The van der Waals surface area contributed by atoms with Crippen molar-refractivity contribution in [2.75, 3.05) is 13.1 Å². The molecular weight excluding hydrogens is 473 g/mol. The molecule has 2 heterocycles. The van der Waals surface area contributed by atoms with E-state index < -0.39 is 0 Å². The van der Waals surface area contributed by atoms with Crippen LogP contribution in [0, 0.1) is 17.7 Å². The summed E-state index contributed by atoms with van der Waals surface area (Å²) in [4.78, 5) is 31.5. The van der Waals surface area contributed by atoms with Crippen molar-refractivity contribution >= 4 is 11.8 Å². The molecule has 2 aromatic carbocycles. The van der Waals surface area contributed by atoms with Crippen LogP contribution in [-0.4, -0.2) is 34.8 Å². The summed E-state index contributed by atoms with van der Waals surface area (Å²) in [6, 6.07) is 11.7. The van der Waals surface area contributed by atoms with Crippen LogP contribution in [-0.2, 0) is 17.8 Å². The minimum absolute atomic E-state index is 0.0466. The monoisotopic (exact) mass is 507 g/mol. The van der Waals surface area contributed by atoms with E-state index in [1.807, 2.05) is 36.9 Å². The molecule has 1 atom stereocenters. The number of hydrogen-bond donors (Lipinski definition) is 1. The number of ether oxygens (including phenoxy) is 1. The van der Waals surface area contributed by atoms with Gasteiger partial charge in [0.25, 0.3) is 5.91 Å². The Morgan fingerprint density at radius 1 is 1.16 bits per heavy atom. The zero-order valence-corrected chi connectivity index (χ0v) is 21.8. The van der Waals surface area contributed by atoms with Crippen LogP contribution >= 0.6 is 0 Å². The Bertz CT molecular complexity index is 1240. The van der Waals surface area contributed by atoms with Crippen LogP contribution in [0.25, 0.3) is 0 Å². The number of hydrogen-bond acceptors (Lipinski definition) is 5. The maximum absolute atomic E-state index is 13.7. The summed E-state index contributed by atoms with van der Waals surface area (Å²) in [6.07, 6.45) is 2.94. The quantitative estimate of drug-likeness (QED) is 0.425. The molecule has 2 amide bonds. The molecule has 0 spiro atoms. The maximum atomic E-state index is 13.7. The van der Waals surface area contributed by atoms with Crippen LogP contribution in [0.2, 0.25) is 0 Å². The zero-order chi connectivity index (χ0) is 26.5. The van der Waals surface area contributed by atoms with Gasteiger partial charge in [0.1, 0.15) is 17.8 Å². The van der Waals surface area contributed by atoms with Crippen molar-refractivity contribution in [1.29, 1.82) is 0 Å². The summed E-state index contributed by atoms with van der Waals surface area (Å²) in [5.74, 6) is 0.663. The van der Waals surface area contributed by atoms with E-state index in [0.29, 0.717) is 30.6 Å². The average Bonchev–Trinajstić information content (AvgIpc) is 3.36. The highest BCUT2D eigenvalue weighted by Crippen LogP contribution is 2.38. The predicted molar refractivity (Wildman–Crippen MR) is 138 cm³/mol. The van der Waals surface area contributed by atoms with Crippen LogP contribution in [0.15, 0.2) is 53.1 Å². The predicted octanol–water partition coefficient (Wildman–Crippen LogP) is 5.30. The van der Waals surface area contributed by atoms with Crippen molar-refractivity contribution < 1.29 is 23.1 Å². The van der Waals surface area contributed by atoms with E-state index in [4.69, 9.17) is 9.15 Å². The van der Waals surface area contributed by atoms with Gasteiger partial charge in [-0.2, -0.15) is 0 Å². The second kappa shape index (κ2) is 11.6. The number of benzene rings is 2. The van der Waals surface area contributed by atoms with Gasteiger partial charge in [-0.1, -0.05) is 45.9 Å². The number of rotatable bonds is 9. The topological polar surface area (TPSA) is 84.7 Å². The average molecular weight is 508 g/mol. The van der Waals surface area contributed by atoms with Gasteiger partial charge < -0.3 is 19.4 Å². The SMILES string of the molecule is CC(C)CCNC(=O)c1coc(COc2ccc3c(c2)C(c2ccc(F)cc2)N(C(=O)C(C)C)CC3)n1. The van der Waals surface area contributed by atoms with E-state index in [1.54, 1.807) is 12.1 Å². The van der Waals surface area contributed by atoms with Gasteiger partial charge in [0, 0.05) is 19.0 Å². The fourth-order valence-electron chi connectivity index (χ4n) is 4.45. The third kappa shape index (κ3) is 6.37. The van der Waals surface area contributed by atoms with Crippen LogP contribution in [0.3, 0.4) is 0 Å². The molecule has 0 fully saturated rings. The van der Waals surface area contributed by atoms with E-state index in [2.05, 4.69) is 24.1 Å². The van der Waals surface area contributed by atoms with Crippen molar-refractivity contribution in [3.8, 4) is 5.75 Å². The lowest BCUT2D eigenvalue weighted by atomic mass is 9.87. The van der Waals surface area contributed by atoms with Crippen LogP contribution in [0.1, 0.15) is 73.2 Å². The lowest BCUT2D eigenvalue weighted by Crippen LogP contribution is -2.42. The standard InChI is InChI=1S/C29H34FN3O4/c1-18(2)11-13-31-28(34)25-16-37-26(32-25)17-36-23-10-7-20-12-14-33(29(35)19(3)4)27(24(20)15-23)21-5-8-22(30)9-6-21/h5-10,15-16,18-19,27H,11-14,17H2,1-4H3,(H,31,34). The first kappa shape index (κ1) is 26.4. The summed E-state index contributed by atoms with van der Waals surface area (Å²) in [5, 5.41) is 2.84. The first-order valence-electron chi connectivity index (χ1n) is 12.8. The molecule has 1 aromatic heterocycles. The molecule has 1 unspecified atom stereocenters. The molecule has 0 saturated heterocycles. The number of aromatic nitrogens is 1. The van der Waals surface area contributed by atoms with Gasteiger partial charge in [-0.05, 0) is 59.7 Å². The third-order valence-electron chi connectivity index (χ3n) is 6.46. The number of carbonyl (C=O) groups excluding carboxylic acids is 2. The summed E-state index contributed by atoms with van der Waals surface area (Å²) >= 11 is 0. The van der Waals surface area contributed by atoms with Crippen LogP contribution in [0.5, 0.6) is 5.75 Å². The van der Waals surface area contributed by atoms with Gasteiger partial charge >= 0.3 is 0 Å². The van der Waals surface area contributed by atoms with E-state index >= 15 is 0 Å². The molecule has 3 aromatic rings. The van der Waals surface area contributed by atoms with Crippen molar-refractivity contribution in [2.45, 2.75) is 53.2 Å². The van der Waals surface area contributed by atoms with Gasteiger partial charge in [0.2, 0.25) is 11.8 Å². The Morgan fingerprint density at radius 3 is 2.62 bits per heavy atom. The van der Waals surface area contributed by atoms with E-state index in [0.717, 1.165) is 29.5 Å². The molecule has 1 aliphatic rings. The first-order valence-corrected chi connectivity index (χ1v) is 12.8. The van der Waals surface area contributed by atoms with Crippen molar-refractivity contribution in [3.63, 3.8) is 0 Å². The Labute approximate surface area is 217 Å². The second-order valence-corrected chi connectivity index (χ2v) is 10.1. The molecule has 0 radical (unpaired) electrons. The van der Waals surface area contributed by atoms with Crippen molar-refractivity contribution in [3.05, 3.63) is 82.8 Å². The van der Waals surface area contributed by atoms with Gasteiger partial charge in [0.15, 0.2) is 12.3 Å². The minimum atomic E-state index is -0.342. The molecule has 8 heteroatoms. The number of carbonyl (C=O) groups is 2. The number of nitrogens with zero attached hydrogens (tertiary/aromatic N) is 2. The highest BCUT2D eigenvalue weighted by atomic mass is 19.1. The Hall–Kier alpha value is -3.68. The summed E-state index contributed by atoms with van der Waals surface area (Å²) in [7, 11) is 0. The molecule has 0 bridgehead atoms. The molecule has 1 aliphatic heterocycles. The second-order valence-electron chi connectivity index (χ2n) is 10.1. The Kier molecular flexibility index (Phi) is 8.26. The molecule has 37 heavy (non-hydrogen) atoms. The molecule has 7 nitrogen and oxygen atoms in total. The molecule has 1 N–H and O–H groups in total. The van der Waals surface area contributed by atoms with E-state index in [-0.39, 0.29) is 41.9 Å². The largest absolute Gasteiger partial charge is 0.484 e. The zero-order valence-electron chi connectivity index (χ0n) is 21.8. The normalized spacial score (nSPS) is 15.1. The number of halogens is 1. The van der Waals surface area contributed by atoms with Crippen molar-refractivity contribution in [1.82, 2.24) is 15.2 Å². The first-order chi connectivity index (χ1) is 17.7. The lowest BCUT2D eigenvalue weighted by Gasteiger charge is -2.39. The number of nitrogens with one attached hydrogen (secondary N) is 1. The minimum Gasteiger partial charge on any atom is -0.484 e. The molecule has 0 aliphatic carbocycles. The fraction of sp³-hybridized carbons (Fsp3) is 0.414. The van der Waals surface area contributed by atoms with E-state index in [1.165, 1.54) is 18.4 Å². The Balaban J connectivity index is 1.51. The van der Waals surface area contributed by atoms with Gasteiger partial charge in [-0.15, -0.1) is 0 Å². The summed E-state index contributed by atoms with van der Waals surface area (Å²) < 4.78 is 25.1. The van der Waals surface area contributed by atoms with Gasteiger partial charge in [0.05, 0.1) is 6.04 Å². The van der Waals surface area contributed by atoms with E-state index in [9.17, 15) is 14.0 Å². The number of oxazole rings is 1. The van der Waals surface area contributed by atoms with Crippen molar-refractivity contribution in [2.24, 2.45) is 11.8 Å². The molecule has 196 valence electrons. The number of amides is 2. The molecule has 4 rings (SSSR count). The lowest BCUT2D eigenvalue weighted by molar-refractivity contribution is -0.136. The summed E-state index contributed by atoms with van der Waals surface area (Å²) in [5.41, 5.74) is 3.12. The molecule has 0 saturated carbocycles. The number of fused-ring (bicyclic) bond motifs is 1. The highest BCUT2D eigenvalue weighted by Gasteiger charge is 2.33. The smallest absolute Gasteiger partial charge is 0.273 e. The fourth-order valence-corrected chi connectivity index (χ4v) is 4.45. The highest BCUT2D eigenvalue weighted by molar-refractivity contribution is 5.91. The summed E-state index contributed by atoms with van der Waals surface area (Å²) in [6.45, 7) is 9.18. The van der Waals surface area contributed by atoms with Gasteiger partial charge in [-0.25, -0.2) is 9.37 Å². The van der Waals surface area contributed by atoms with Crippen LogP contribution < -0.4 is 10.1 Å². The van der Waals surface area contributed by atoms with Crippen LogP contribution in [0.4, 0.5) is 4.39 Å². The third-order valence-corrected chi connectivity index (χ3v) is 6.46. The van der Waals surface area contributed by atoms with Gasteiger partial charge in [-0.3, -0.25) is 9.59 Å². The molecular formula is C29H34FN3O4. The Morgan fingerprint density at radius 2 is 1.92 bits per heavy atom.